The number of allylic oxidation sites excluding steroid dienone is 2. The van der Waals surface area contributed by atoms with Crippen LogP contribution in [-0.2, 0) is 16.6 Å². The number of phenols is 1. The summed E-state index contributed by atoms with van der Waals surface area (Å²) in [6.45, 7) is 2.33. The third kappa shape index (κ3) is 1.69. The van der Waals surface area contributed by atoms with Crippen LogP contribution in [0.15, 0.2) is 35.6 Å². The van der Waals surface area contributed by atoms with Crippen molar-refractivity contribution in [1.82, 2.24) is 4.90 Å². The Morgan fingerprint density at radius 2 is 2.19 bits per heavy atom. The highest BCUT2D eigenvalue weighted by Crippen LogP contribution is 2.62. The highest BCUT2D eigenvalue weighted by atomic mass is 16.5. The minimum absolute atomic E-state index is 0.136. The second-order valence-electron chi connectivity index (χ2n) is 8.57. The Hall–Kier alpha value is -1.94. The molecular weight excluding hydrogens is 326 g/mol. The van der Waals surface area contributed by atoms with Crippen molar-refractivity contribution in [3.8, 4) is 11.5 Å². The first-order chi connectivity index (χ1) is 12.7. The van der Waals surface area contributed by atoms with E-state index in [0.717, 1.165) is 31.1 Å². The van der Waals surface area contributed by atoms with E-state index in [1.807, 2.05) is 0 Å². The maximum Gasteiger partial charge on any atom is 0.169 e. The molecule has 0 amide bonds. The number of phenolic OH excluding ortho intramolecular Hbond substituents is 1. The molecule has 1 aromatic rings. The number of rotatable bonds is 3. The van der Waals surface area contributed by atoms with Crippen LogP contribution < -0.4 is 4.74 Å². The van der Waals surface area contributed by atoms with Crippen LogP contribution >= 0.6 is 0 Å². The van der Waals surface area contributed by atoms with Gasteiger partial charge in [-0.05, 0) is 54.9 Å². The van der Waals surface area contributed by atoms with E-state index in [1.165, 1.54) is 42.5 Å². The van der Waals surface area contributed by atoms with Crippen LogP contribution in [0.25, 0.3) is 0 Å². The van der Waals surface area contributed by atoms with E-state index in [-0.39, 0.29) is 17.3 Å². The predicted molar refractivity (Wildman–Crippen MR) is 98.4 cm³/mol. The summed E-state index contributed by atoms with van der Waals surface area (Å²) in [5.74, 6) is 2.71. The maximum atomic E-state index is 10.5. The summed E-state index contributed by atoms with van der Waals surface area (Å²) in [6, 6.07) is 4.37. The largest absolute Gasteiger partial charge is 0.504 e. The van der Waals surface area contributed by atoms with Gasteiger partial charge in [0.2, 0.25) is 0 Å². The van der Waals surface area contributed by atoms with E-state index in [9.17, 15) is 5.11 Å². The first kappa shape index (κ1) is 15.2. The first-order valence-corrected chi connectivity index (χ1v) is 9.94. The Balaban J connectivity index is 1.52. The zero-order valence-electron chi connectivity index (χ0n) is 15.2. The maximum absolute atomic E-state index is 10.5. The van der Waals surface area contributed by atoms with Gasteiger partial charge in [-0.15, -0.1) is 0 Å². The average Bonchev–Trinajstić information content (AvgIpc) is 2.96. The number of ether oxygens (including phenoxy) is 2. The monoisotopic (exact) mass is 351 g/mol. The van der Waals surface area contributed by atoms with Crippen LogP contribution in [0.5, 0.6) is 11.5 Å². The normalized spacial score (nSPS) is 34.3. The molecule has 0 aromatic heterocycles. The third-order valence-corrected chi connectivity index (χ3v) is 7.51. The van der Waals surface area contributed by atoms with Gasteiger partial charge in [0.1, 0.15) is 5.76 Å². The molecule has 2 heterocycles. The minimum atomic E-state index is -0.150. The molecule has 2 fully saturated rings. The van der Waals surface area contributed by atoms with Crippen molar-refractivity contribution in [3.05, 3.63) is 46.7 Å². The molecule has 5 aliphatic rings. The fourth-order valence-electron chi connectivity index (χ4n) is 6.07. The molecule has 136 valence electrons. The molecule has 1 saturated heterocycles. The second-order valence-corrected chi connectivity index (χ2v) is 8.57. The van der Waals surface area contributed by atoms with Gasteiger partial charge in [0.15, 0.2) is 17.6 Å². The molecule has 3 aliphatic carbocycles. The highest BCUT2D eigenvalue weighted by Gasteiger charge is 2.62. The SMILES string of the molecule is COC1=CC=C2[C@H]3Cc4ccc(O)c5c4[C@@]2(CCN3CC2CCC2)[C@H]1O5. The summed E-state index contributed by atoms with van der Waals surface area (Å²) >= 11 is 0. The van der Waals surface area contributed by atoms with Crippen molar-refractivity contribution < 1.29 is 14.6 Å². The van der Waals surface area contributed by atoms with Crippen LogP contribution in [-0.4, -0.2) is 42.4 Å². The van der Waals surface area contributed by atoms with Gasteiger partial charge in [-0.1, -0.05) is 18.6 Å². The van der Waals surface area contributed by atoms with Crippen molar-refractivity contribution in [1.29, 1.82) is 0 Å². The second kappa shape index (κ2) is 5.07. The van der Waals surface area contributed by atoms with Crippen molar-refractivity contribution >= 4 is 0 Å². The molecule has 3 atom stereocenters. The van der Waals surface area contributed by atoms with E-state index >= 15 is 0 Å². The van der Waals surface area contributed by atoms with E-state index in [2.05, 4.69) is 23.1 Å². The smallest absolute Gasteiger partial charge is 0.169 e. The molecule has 2 aliphatic heterocycles. The molecule has 1 aromatic carbocycles. The molecule has 4 nitrogen and oxygen atoms in total. The van der Waals surface area contributed by atoms with Crippen LogP contribution in [0.2, 0.25) is 0 Å². The van der Waals surface area contributed by atoms with Gasteiger partial charge in [-0.2, -0.15) is 0 Å². The topological polar surface area (TPSA) is 41.9 Å². The summed E-state index contributed by atoms with van der Waals surface area (Å²) in [5.41, 5.74) is 3.91. The Morgan fingerprint density at radius 1 is 1.31 bits per heavy atom. The molecule has 26 heavy (non-hydrogen) atoms. The van der Waals surface area contributed by atoms with Crippen LogP contribution in [0.1, 0.15) is 36.8 Å². The molecule has 1 N–H and O–H groups in total. The molecule has 1 spiro atoms. The lowest BCUT2D eigenvalue weighted by molar-refractivity contribution is 0.0506. The quantitative estimate of drug-likeness (QED) is 0.907. The van der Waals surface area contributed by atoms with E-state index < -0.39 is 0 Å². The third-order valence-electron chi connectivity index (χ3n) is 7.51. The molecule has 0 unspecified atom stereocenters. The number of benzene rings is 1. The molecule has 1 saturated carbocycles. The van der Waals surface area contributed by atoms with Crippen LogP contribution in [0, 0.1) is 5.92 Å². The van der Waals surface area contributed by atoms with Gasteiger partial charge < -0.3 is 14.6 Å². The van der Waals surface area contributed by atoms with Gasteiger partial charge in [-0.25, -0.2) is 0 Å². The fourth-order valence-corrected chi connectivity index (χ4v) is 6.07. The summed E-state index contributed by atoms with van der Waals surface area (Å²) in [7, 11) is 1.72. The van der Waals surface area contributed by atoms with Gasteiger partial charge >= 0.3 is 0 Å². The van der Waals surface area contributed by atoms with Crippen LogP contribution in [0.4, 0.5) is 0 Å². The zero-order valence-corrected chi connectivity index (χ0v) is 15.2. The van der Waals surface area contributed by atoms with Gasteiger partial charge in [0, 0.05) is 24.7 Å². The lowest BCUT2D eigenvalue weighted by atomic mass is 9.57. The Bertz CT molecular complexity index is 853. The van der Waals surface area contributed by atoms with Crippen molar-refractivity contribution in [2.75, 3.05) is 20.2 Å². The number of aromatic hydroxyl groups is 1. The van der Waals surface area contributed by atoms with Crippen molar-refractivity contribution in [3.63, 3.8) is 0 Å². The standard InChI is InChI=1S/C22H25NO3/c1-25-18-8-6-15-16-11-14-5-7-17(24)20-19(14)22(15,21(18)26-20)9-10-23(16)12-13-3-2-4-13/h5-8,13,16,21,24H,2-4,9-12H2,1H3/t16-,21+,22+/m1/s1. The lowest BCUT2D eigenvalue weighted by Gasteiger charge is -2.54. The number of hydrogen-bond donors (Lipinski definition) is 1. The van der Waals surface area contributed by atoms with Crippen molar-refractivity contribution in [2.45, 2.75) is 49.7 Å². The summed E-state index contributed by atoms with van der Waals surface area (Å²) in [4.78, 5) is 2.72. The molecular formula is C22H25NO3. The Labute approximate surface area is 154 Å². The number of nitrogens with zero attached hydrogens (tertiary/aromatic N) is 1. The molecule has 0 radical (unpaired) electrons. The zero-order chi connectivity index (χ0) is 17.5. The summed E-state index contributed by atoms with van der Waals surface area (Å²) < 4.78 is 12.0. The number of piperidine rings is 1. The minimum Gasteiger partial charge on any atom is -0.504 e. The number of hydrogen-bond acceptors (Lipinski definition) is 4. The van der Waals surface area contributed by atoms with E-state index in [4.69, 9.17) is 9.47 Å². The van der Waals surface area contributed by atoms with E-state index in [1.54, 1.807) is 13.2 Å². The summed E-state index contributed by atoms with van der Waals surface area (Å²) in [5, 5.41) is 10.5. The Kier molecular flexibility index (Phi) is 2.95. The summed E-state index contributed by atoms with van der Waals surface area (Å²) in [6.07, 6.45) is 10.5. The number of likely N-dealkylation sites (tertiary alicyclic amines) is 1. The average molecular weight is 351 g/mol. The van der Waals surface area contributed by atoms with Gasteiger partial charge in [-0.3, -0.25) is 4.90 Å². The van der Waals surface area contributed by atoms with Crippen LogP contribution in [0.3, 0.4) is 0 Å². The lowest BCUT2D eigenvalue weighted by Crippen LogP contribution is -2.60. The fraction of sp³-hybridized carbons (Fsp3) is 0.545. The predicted octanol–water partition coefficient (Wildman–Crippen LogP) is 3.29. The van der Waals surface area contributed by atoms with Crippen molar-refractivity contribution in [2.24, 2.45) is 5.92 Å². The Morgan fingerprint density at radius 3 is 2.96 bits per heavy atom. The number of methoxy groups -OCH3 is 1. The molecule has 4 heteroatoms. The highest BCUT2D eigenvalue weighted by molar-refractivity contribution is 5.67. The molecule has 6 rings (SSSR count). The van der Waals surface area contributed by atoms with Gasteiger partial charge in [0.25, 0.3) is 0 Å². The first-order valence-electron chi connectivity index (χ1n) is 9.94. The van der Waals surface area contributed by atoms with Gasteiger partial charge in [0.05, 0.1) is 12.5 Å². The van der Waals surface area contributed by atoms with E-state index in [0.29, 0.717) is 11.8 Å². The molecule has 2 bridgehead atoms.